The molecular weight excluding hydrogens is 387 g/mol. The van der Waals surface area contributed by atoms with Crippen molar-refractivity contribution in [2.75, 3.05) is 0 Å². The average Bonchev–Trinajstić information content (AvgIpc) is 2.49. The molecule has 0 saturated carbocycles. The maximum Gasteiger partial charge on any atom is 4.00 e. The molecule has 0 aromatic heterocycles. The van der Waals surface area contributed by atoms with E-state index < -0.39 is 0 Å². The first-order valence-corrected chi connectivity index (χ1v) is 4.62. The van der Waals surface area contributed by atoms with Crippen molar-refractivity contribution in [3.63, 3.8) is 0 Å². The SMILES string of the molecule is CC1=C(C)C(c2ccccc2)=[C-]C1.[CH3-].[CH3-].[CH3-].[Pt+4]. The van der Waals surface area contributed by atoms with E-state index in [1.54, 1.807) is 0 Å². The molecule has 0 bridgehead atoms. The van der Waals surface area contributed by atoms with Gasteiger partial charge >= 0.3 is 21.1 Å². The van der Waals surface area contributed by atoms with Gasteiger partial charge in [0.05, 0.1) is 0 Å². The van der Waals surface area contributed by atoms with Crippen molar-refractivity contribution < 1.29 is 21.1 Å². The van der Waals surface area contributed by atoms with Gasteiger partial charge < -0.3 is 22.3 Å². The maximum atomic E-state index is 3.42. The zero-order valence-electron chi connectivity index (χ0n) is 11.4. The second-order valence-electron chi connectivity index (χ2n) is 3.50. The molecule has 2 rings (SSSR count). The number of hydrogen-bond acceptors (Lipinski definition) is 0. The van der Waals surface area contributed by atoms with Crippen molar-refractivity contribution in [2.45, 2.75) is 20.3 Å². The van der Waals surface area contributed by atoms with Gasteiger partial charge in [-0.15, -0.1) is 23.3 Å². The summed E-state index contributed by atoms with van der Waals surface area (Å²) in [5.74, 6) is 0. The fourth-order valence-electron chi connectivity index (χ4n) is 1.62. The first-order valence-electron chi connectivity index (χ1n) is 4.62. The summed E-state index contributed by atoms with van der Waals surface area (Å²) in [5.41, 5.74) is 5.42. The molecule has 0 aliphatic heterocycles. The molecule has 0 atom stereocenters. The van der Waals surface area contributed by atoms with Gasteiger partial charge in [-0.1, -0.05) is 38.5 Å². The van der Waals surface area contributed by atoms with Crippen molar-refractivity contribution in [1.82, 2.24) is 0 Å². The van der Waals surface area contributed by atoms with Crippen molar-refractivity contribution in [3.8, 4) is 0 Å². The van der Waals surface area contributed by atoms with Gasteiger partial charge in [-0.3, -0.25) is 0 Å². The number of hydrogen-bond donors (Lipinski definition) is 0. The summed E-state index contributed by atoms with van der Waals surface area (Å²) >= 11 is 0. The zero-order chi connectivity index (χ0) is 9.26. The van der Waals surface area contributed by atoms with Crippen LogP contribution in [0.4, 0.5) is 0 Å². The van der Waals surface area contributed by atoms with Crippen LogP contribution in [0.2, 0.25) is 0 Å². The smallest absolute Gasteiger partial charge is 0.358 e. The van der Waals surface area contributed by atoms with E-state index in [1.807, 2.05) is 6.07 Å². The van der Waals surface area contributed by atoms with E-state index in [1.165, 1.54) is 22.3 Å². The normalized spacial score (nSPS) is 12.5. The second-order valence-corrected chi connectivity index (χ2v) is 3.50. The van der Waals surface area contributed by atoms with Crippen molar-refractivity contribution in [1.29, 1.82) is 0 Å². The summed E-state index contributed by atoms with van der Waals surface area (Å²) in [5, 5.41) is 0. The molecule has 1 heteroatoms. The van der Waals surface area contributed by atoms with Gasteiger partial charge in [0.15, 0.2) is 0 Å². The van der Waals surface area contributed by atoms with Gasteiger partial charge in [0, 0.05) is 0 Å². The molecule has 0 spiro atoms. The molecule has 96 valence electrons. The Morgan fingerprint density at radius 3 is 1.88 bits per heavy atom. The topological polar surface area (TPSA) is 0 Å². The van der Waals surface area contributed by atoms with Crippen molar-refractivity contribution in [3.05, 3.63) is 75.4 Å². The second kappa shape index (κ2) is 9.42. The van der Waals surface area contributed by atoms with Crippen LogP contribution in [0.15, 0.2) is 41.5 Å². The van der Waals surface area contributed by atoms with E-state index in [4.69, 9.17) is 0 Å². The van der Waals surface area contributed by atoms with E-state index in [0.717, 1.165) is 6.42 Å². The molecule has 0 fully saturated rings. The third-order valence-electron chi connectivity index (χ3n) is 2.61. The molecule has 0 unspecified atom stereocenters. The quantitative estimate of drug-likeness (QED) is 0.575. The Bertz CT molecular complexity index is 372. The molecular formula is C16H22Pt. The standard InChI is InChI=1S/C13H13.3CH3.Pt/c1-10-8-9-13(11(10)2)12-6-4-3-5-7-12;;;;/h3-7H,8H2,1-2H3;3*1H3;/q4*-1;+4. The fraction of sp³-hybridized carbons (Fsp3) is 0.188. The average molecular weight is 409 g/mol. The molecule has 0 nitrogen and oxygen atoms in total. The molecule has 1 aromatic rings. The van der Waals surface area contributed by atoms with Crippen LogP contribution in [0.1, 0.15) is 25.8 Å². The van der Waals surface area contributed by atoms with Crippen LogP contribution in [0.25, 0.3) is 5.57 Å². The molecule has 1 aliphatic carbocycles. The van der Waals surface area contributed by atoms with Gasteiger partial charge in [0.25, 0.3) is 0 Å². The third kappa shape index (κ3) is 4.64. The number of rotatable bonds is 1. The molecule has 17 heavy (non-hydrogen) atoms. The van der Waals surface area contributed by atoms with Gasteiger partial charge in [0.2, 0.25) is 0 Å². The monoisotopic (exact) mass is 409 g/mol. The van der Waals surface area contributed by atoms with E-state index in [9.17, 15) is 0 Å². The molecule has 1 aliphatic rings. The van der Waals surface area contributed by atoms with E-state index in [2.05, 4.69) is 44.2 Å². The Balaban J connectivity index is -0.000000490. The summed E-state index contributed by atoms with van der Waals surface area (Å²) in [6.45, 7) is 4.36. The van der Waals surface area contributed by atoms with E-state index in [-0.39, 0.29) is 43.3 Å². The Kier molecular flexibility index (Phi) is 12.0. The molecule has 0 radical (unpaired) electrons. The number of benzene rings is 1. The minimum atomic E-state index is 0. The Morgan fingerprint density at radius 1 is 0.941 bits per heavy atom. The van der Waals surface area contributed by atoms with Gasteiger partial charge in [-0.2, -0.15) is 17.2 Å². The van der Waals surface area contributed by atoms with Gasteiger partial charge in [-0.05, 0) is 0 Å². The van der Waals surface area contributed by atoms with Crippen molar-refractivity contribution >= 4 is 5.57 Å². The van der Waals surface area contributed by atoms with Crippen LogP contribution in [0.3, 0.4) is 0 Å². The van der Waals surface area contributed by atoms with Crippen LogP contribution in [0, 0.1) is 28.4 Å². The first kappa shape index (κ1) is 21.7. The molecule has 0 amide bonds. The summed E-state index contributed by atoms with van der Waals surface area (Å²) in [6.07, 6.45) is 4.41. The maximum absolute atomic E-state index is 3.42. The van der Waals surface area contributed by atoms with Crippen LogP contribution < -0.4 is 0 Å². The predicted octanol–water partition coefficient (Wildman–Crippen LogP) is 4.96. The van der Waals surface area contributed by atoms with Gasteiger partial charge in [-0.25, -0.2) is 0 Å². The summed E-state index contributed by atoms with van der Waals surface area (Å²) in [4.78, 5) is 0. The zero-order valence-corrected chi connectivity index (χ0v) is 13.7. The van der Waals surface area contributed by atoms with Crippen LogP contribution in [-0.4, -0.2) is 0 Å². The Hall–Kier alpha value is -0.612. The molecule has 1 aromatic carbocycles. The summed E-state index contributed by atoms with van der Waals surface area (Å²) in [7, 11) is 0. The largest absolute Gasteiger partial charge is 4.00 e. The third-order valence-corrected chi connectivity index (χ3v) is 2.61. The summed E-state index contributed by atoms with van der Waals surface area (Å²) in [6, 6.07) is 10.5. The van der Waals surface area contributed by atoms with Crippen molar-refractivity contribution in [2.24, 2.45) is 0 Å². The molecule has 0 heterocycles. The molecule has 0 N–H and O–H groups in total. The Morgan fingerprint density at radius 2 is 1.47 bits per heavy atom. The number of allylic oxidation sites excluding steroid dienone is 4. The molecule has 0 saturated heterocycles. The van der Waals surface area contributed by atoms with E-state index in [0.29, 0.717) is 0 Å². The minimum Gasteiger partial charge on any atom is -0.358 e. The fourth-order valence-corrected chi connectivity index (χ4v) is 1.62. The minimum absolute atomic E-state index is 0. The van der Waals surface area contributed by atoms with Gasteiger partial charge in [0.1, 0.15) is 0 Å². The van der Waals surface area contributed by atoms with Crippen LogP contribution in [0.5, 0.6) is 0 Å². The predicted molar refractivity (Wildman–Crippen MR) is 75.3 cm³/mol. The first-order chi connectivity index (χ1) is 6.29. The summed E-state index contributed by atoms with van der Waals surface area (Å²) < 4.78 is 0. The van der Waals surface area contributed by atoms with E-state index >= 15 is 0 Å². The van der Waals surface area contributed by atoms with Crippen LogP contribution >= 0.6 is 0 Å². The Labute approximate surface area is 122 Å². The van der Waals surface area contributed by atoms with Crippen LogP contribution in [-0.2, 0) is 21.1 Å².